The van der Waals surface area contributed by atoms with Crippen LogP contribution in [0.2, 0.25) is 0 Å². The molecule has 1 aliphatic rings. The van der Waals surface area contributed by atoms with Crippen molar-refractivity contribution in [3.63, 3.8) is 0 Å². The number of carbonyl (C=O) groups is 2. The van der Waals surface area contributed by atoms with Gasteiger partial charge in [-0.05, 0) is 43.9 Å². The van der Waals surface area contributed by atoms with Crippen molar-refractivity contribution in [1.82, 2.24) is 4.90 Å². The lowest BCUT2D eigenvalue weighted by atomic mass is 10.1. The number of nitrogens with zero attached hydrogens (tertiary/aromatic N) is 1. The number of imide groups is 1. The van der Waals surface area contributed by atoms with E-state index in [-0.39, 0.29) is 24.5 Å². The maximum absolute atomic E-state index is 13.0. The van der Waals surface area contributed by atoms with Crippen LogP contribution in [-0.2, 0) is 14.3 Å². The molecule has 0 unspecified atom stereocenters. The Hall–Kier alpha value is -1.83. The standard InChI is InChI=1S/C22H31NO5S/c1-15(2)14-28-18-8-6-17(7-9-18)19-20(29-13-11-24)22(26)23(21(19)25)10-5-12-27-16(3)4/h6-9,15-16,24H,5,10-14H2,1-4H3. The molecule has 0 atom stereocenters. The number of aliphatic hydroxyl groups is 1. The van der Waals surface area contributed by atoms with Gasteiger partial charge < -0.3 is 14.6 Å². The van der Waals surface area contributed by atoms with Gasteiger partial charge in [0.1, 0.15) is 5.75 Å². The van der Waals surface area contributed by atoms with Crippen molar-refractivity contribution in [2.75, 3.05) is 32.1 Å². The van der Waals surface area contributed by atoms with Gasteiger partial charge in [0.15, 0.2) is 0 Å². The van der Waals surface area contributed by atoms with Gasteiger partial charge in [-0.2, -0.15) is 0 Å². The molecule has 0 aliphatic carbocycles. The number of amides is 2. The van der Waals surface area contributed by atoms with Crippen LogP contribution >= 0.6 is 11.8 Å². The van der Waals surface area contributed by atoms with Crippen molar-refractivity contribution in [3.05, 3.63) is 34.7 Å². The lowest BCUT2D eigenvalue weighted by Gasteiger charge is -2.16. The quantitative estimate of drug-likeness (QED) is 0.412. The van der Waals surface area contributed by atoms with Crippen LogP contribution in [0.1, 0.15) is 39.7 Å². The average Bonchev–Trinajstić information content (AvgIpc) is 2.92. The molecule has 0 saturated carbocycles. The van der Waals surface area contributed by atoms with Crippen LogP contribution in [0.15, 0.2) is 29.2 Å². The minimum atomic E-state index is -0.298. The first-order valence-corrected chi connectivity index (χ1v) is 11.0. The van der Waals surface area contributed by atoms with Crippen LogP contribution in [0.25, 0.3) is 5.57 Å². The highest BCUT2D eigenvalue weighted by atomic mass is 32.2. The summed E-state index contributed by atoms with van der Waals surface area (Å²) in [7, 11) is 0. The molecule has 1 aromatic carbocycles. The fourth-order valence-electron chi connectivity index (χ4n) is 2.82. The Bertz CT molecular complexity index is 727. The summed E-state index contributed by atoms with van der Waals surface area (Å²) in [5, 5.41) is 9.18. The van der Waals surface area contributed by atoms with Crippen molar-refractivity contribution in [1.29, 1.82) is 0 Å². The van der Waals surface area contributed by atoms with Crippen molar-refractivity contribution in [3.8, 4) is 5.75 Å². The topological polar surface area (TPSA) is 76.1 Å². The highest BCUT2D eigenvalue weighted by Crippen LogP contribution is 2.36. The second kappa shape index (κ2) is 11.4. The Balaban J connectivity index is 2.17. The third-order valence-electron chi connectivity index (χ3n) is 4.17. The first kappa shape index (κ1) is 23.4. The third kappa shape index (κ3) is 6.59. The molecule has 0 saturated heterocycles. The maximum Gasteiger partial charge on any atom is 0.267 e. The second-order valence-corrected chi connectivity index (χ2v) is 8.65. The molecule has 0 fully saturated rings. The first-order valence-electron chi connectivity index (χ1n) is 10.0. The molecule has 1 aromatic rings. The van der Waals surface area contributed by atoms with Crippen molar-refractivity contribution >= 4 is 29.1 Å². The molecule has 2 amide bonds. The molecule has 29 heavy (non-hydrogen) atoms. The van der Waals surface area contributed by atoms with Gasteiger partial charge in [-0.25, -0.2) is 0 Å². The number of carbonyl (C=O) groups excluding carboxylic acids is 2. The lowest BCUT2D eigenvalue weighted by molar-refractivity contribution is -0.136. The Morgan fingerprint density at radius 3 is 2.34 bits per heavy atom. The van der Waals surface area contributed by atoms with Gasteiger partial charge in [0.25, 0.3) is 11.8 Å². The Morgan fingerprint density at radius 2 is 1.76 bits per heavy atom. The van der Waals surface area contributed by atoms with Gasteiger partial charge in [0.2, 0.25) is 0 Å². The fourth-order valence-corrected chi connectivity index (χ4v) is 3.69. The van der Waals surface area contributed by atoms with E-state index >= 15 is 0 Å². The first-order chi connectivity index (χ1) is 13.8. The molecule has 0 radical (unpaired) electrons. The summed E-state index contributed by atoms with van der Waals surface area (Å²) in [5.74, 6) is 0.912. The van der Waals surface area contributed by atoms with Crippen LogP contribution in [0.4, 0.5) is 0 Å². The molecule has 1 heterocycles. The molecular weight excluding hydrogens is 390 g/mol. The van der Waals surface area contributed by atoms with Crippen molar-refractivity contribution < 1.29 is 24.2 Å². The largest absolute Gasteiger partial charge is 0.493 e. The summed E-state index contributed by atoms with van der Waals surface area (Å²) in [6, 6.07) is 7.24. The molecule has 0 bridgehead atoms. The summed E-state index contributed by atoms with van der Waals surface area (Å²) in [6.07, 6.45) is 0.698. The number of thioether (sulfide) groups is 1. The predicted octanol–water partition coefficient (Wildman–Crippen LogP) is 3.34. The smallest absolute Gasteiger partial charge is 0.267 e. The van der Waals surface area contributed by atoms with E-state index in [1.54, 1.807) is 12.1 Å². The van der Waals surface area contributed by atoms with E-state index in [1.807, 2.05) is 26.0 Å². The minimum absolute atomic E-state index is 0.0624. The maximum atomic E-state index is 13.0. The van der Waals surface area contributed by atoms with E-state index in [1.165, 1.54) is 16.7 Å². The number of ether oxygens (including phenoxy) is 2. The van der Waals surface area contributed by atoms with E-state index in [0.717, 1.165) is 5.75 Å². The van der Waals surface area contributed by atoms with E-state index in [4.69, 9.17) is 9.47 Å². The van der Waals surface area contributed by atoms with Crippen LogP contribution < -0.4 is 4.74 Å². The molecule has 6 nitrogen and oxygen atoms in total. The van der Waals surface area contributed by atoms with Crippen LogP contribution in [-0.4, -0.2) is 60.0 Å². The van der Waals surface area contributed by atoms with E-state index < -0.39 is 0 Å². The molecule has 1 aliphatic heterocycles. The summed E-state index contributed by atoms with van der Waals surface area (Å²) in [6.45, 7) is 9.41. The third-order valence-corrected chi connectivity index (χ3v) is 5.22. The van der Waals surface area contributed by atoms with Gasteiger partial charge in [-0.1, -0.05) is 26.0 Å². The molecule has 2 rings (SSSR count). The van der Waals surface area contributed by atoms with Crippen LogP contribution in [0.5, 0.6) is 5.75 Å². The van der Waals surface area contributed by atoms with E-state index in [2.05, 4.69) is 13.8 Å². The molecule has 7 heteroatoms. The summed E-state index contributed by atoms with van der Waals surface area (Å²) in [5.41, 5.74) is 1.08. The van der Waals surface area contributed by atoms with Gasteiger partial charge in [-0.15, -0.1) is 11.8 Å². The predicted molar refractivity (Wildman–Crippen MR) is 116 cm³/mol. The number of hydrogen-bond acceptors (Lipinski definition) is 6. The van der Waals surface area contributed by atoms with E-state index in [9.17, 15) is 14.7 Å². The zero-order chi connectivity index (χ0) is 21.4. The molecule has 0 aromatic heterocycles. The molecule has 160 valence electrons. The Morgan fingerprint density at radius 1 is 1.07 bits per heavy atom. The zero-order valence-corrected chi connectivity index (χ0v) is 18.5. The van der Waals surface area contributed by atoms with Crippen molar-refractivity contribution in [2.24, 2.45) is 5.92 Å². The van der Waals surface area contributed by atoms with E-state index in [0.29, 0.717) is 53.9 Å². The second-order valence-electron chi connectivity index (χ2n) is 7.54. The summed E-state index contributed by atoms with van der Waals surface area (Å²) >= 11 is 1.22. The Kier molecular flexibility index (Phi) is 9.20. The van der Waals surface area contributed by atoms with Crippen LogP contribution in [0, 0.1) is 5.92 Å². The summed E-state index contributed by atoms with van der Waals surface area (Å²) in [4.78, 5) is 27.5. The fraction of sp³-hybridized carbons (Fsp3) is 0.545. The molecule has 0 spiro atoms. The monoisotopic (exact) mass is 421 g/mol. The number of aliphatic hydroxyl groups excluding tert-OH is 1. The number of hydrogen-bond donors (Lipinski definition) is 1. The normalized spacial score (nSPS) is 14.7. The van der Waals surface area contributed by atoms with Crippen molar-refractivity contribution in [2.45, 2.75) is 40.2 Å². The highest BCUT2D eigenvalue weighted by molar-refractivity contribution is 8.04. The van der Waals surface area contributed by atoms with Gasteiger partial charge in [0.05, 0.1) is 29.8 Å². The number of rotatable bonds is 12. The Labute approximate surface area is 177 Å². The van der Waals surface area contributed by atoms with Gasteiger partial charge in [0, 0.05) is 18.9 Å². The van der Waals surface area contributed by atoms with Gasteiger partial charge >= 0.3 is 0 Å². The lowest BCUT2D eigenvalue weighted by Crippen LogP contribution is -2.33. The minimum Gasteiger partial charge on any atom is -0.493 e. The van der Waals surface area contributed by atoms with Crippen LogP contribution in [0.3, 0.4) is 0 Å². The average molecular weight is 422 g/mol. The van der Waals surface area contributed by atoms with Gasteiger partial charge in [-0.3, -0.25) is 14.5 Å². The SMILES string of the molecule is CC(C)COc1ccc(C2=C(SCCO)C(=O)N(CCCOC(C)C)C2=O)cc1. The zero-order valence-electron chi connectivity index (χ0n) is 17.6. The number of benzene rings is 1. The molecule has 1 N–H and O–H groups in total. The summed E-state index contributed by atoms with van der Waals surface area (Å²) < 4.78 is 11.2. The highest BCUT2D eigenvalue weighted by Gasteiger charge is 2.38. The molecular formula is C22H31NO5S.